The zero-order valence-electron chi connectivity index (χ0n) is 7.28. The van der Waals surface area contributed by atoms with Crippen LogP contribution in [0.3, 0.4) is 0 Å². The van der Waals surface area contributed by atoms with E-state index in [0.29, 0.717) is 5.38 Å². The molecule has 1 saturated heterocycles. The summed E-state index contributed by atoms with van der Waals surface area (Å²) in [4.78, 5) is 0. The van der Waals surface area contributed by atoms with Gasteiger partial charge in [-0.25, -0.2) is 0 Å². The molecule has 1 aliphatic rings. The first-order chi connectivity index (χ1) is 5.33. The van der Waals surface area contributed by atoms with Crippen LogP contribution in [0.25, 0.3) is 0 Å². The molecule has 1 nitrogen and oxygen atoms in total. The average molecular weight is 176 g/mol. The molecule has 0 amide bonds. The Hall–Kier alpha value is 0.250. The topological polar surface area (TPSA) is 12.0 Å². The van der Waals surface area contributed by atoms with Crippen LogP contribution in [0.5, 0.6) is 0 Å². The van der Waals surface area contributed by atoms with Gasteiger partial charge in [0.2, 0.25) is 0 Å². The second kappa shape index (κ2) is 5.00. The Labute approximate surface area is 74.5 Å². The standard InChI is InChI=1S/C9H18ClN/c1-2-9(10)7-8-3-5-11-6-4-8/h8-9,11H,2-7H2,1H3. The lowest BCUT2D eigenvalue weighted by Crippen LogP contribution is -2.28. The molecule has 1 aliphatic heterocycles. The maximum atomic E-state index is 6.08. The summed E-state index contributed by atoms with van der Waals surface area (Å²) in [7, 11) is 0. The van der Waals surface area contributed by atoms with E-state index in [2.05, 4.69) is 12.2 Å². The molecule has 0 aromatic rings. The summed E-state index contributed by atoms with van der Waals surface area (Å²) in [5.74, 6) is 0.888. The molecule has 0 bridgehead atoms. The summed E-state index contributed by atoms with van der Waals surface area (Å²) in [5.41, 5.74) is 0. The molecule has 1 unspecified atom stereocenters. The Kier molecular flexibility index (Phi) is 4.24. The van der Waals surface area contributed by atoms with Crippen molar-refractivity contribution in [1.29, 1.82) is 0 Å². The molecule has 1 atom stereocenters. The molecular weight excluding hydrogens is 158 g/mol. The van der Waals surface area contributed by atoms with Crippen molar-refractivity contribution in [3.63, 3.8) is 0 Å². The third kappa shape index (κ3) is 3.44. The molecule has 1 fully saturated rings. The highest BCUT2D eigenvalue weighted by molar-refractivity contribution is 6.20. The Morgan fingerprint density at radius 2 is 2.09 bits per heavy atom. The highest BCUT2D eigenvalue weighted by Crippen LogP contribution is 2.21. The van der Waals surface area contributed by atoms with Gasteiger partial charge in [0.15, 0.2) is 0 Å². The van der Waals surface area contributed by atoms with Crippen molar-refractivity contribution < 1.29 is 0 Å². The molecule has 0 saturated carbocycles. The highest BCUT2D eigenvalue weighted by atomic mass is 35.5. The Balaban J connectivity index is 2.13. The van der Waals surface area contributed by atoms with Gasteiger partial charge in [-0.05, 0) is 44.7 Å². The van der Waals surface area contributed by atoms with Gasteiger partial charge >= 0.3 is 0 Å². The van der Waals surface area contributed by atoms with Crippen molar-refractivity contribution >= 4 is 11.6 Å². The van der Waals surface area contributed by atoms with Crippen molar-refractivity contribution in [3.8, 4) is 0 Å². The summed E-state index contributed by atoms with van der Waals surface area (Å²) >= 11 is 6.08. The van der Waals surface area contributed by atoms with Crippen molar-refractivity contribution in [3.05, 3.63) is 0 Å². The van der Waals surface area contributed by atoms with Crippen LogP contribution < -0.4 is 5.32 Å². The molecule has 0 aliphatic carbocycles. The van der Waals surface area contributed by atoms with Crippen LogP contribution in [0, 0.1) is 5.92 Å². The normalized spacial score (nSPS) is 23.5. The number of alkyl halides is 1. The van der Waals surface area contributed by atoms with E-state index in [1.165, 1.54) is 32.4 Å². The van der Waals surface area contributed by atoms with Gasteiger partial charge in [0.1, 0.15) is 0 Å². The van der Waals surface area contributed by atoms with E-state index in [-0.39, 0.29) is 0 Å². The lowest BCUT2D eigenvalue weighted by molar-refractivity contribution is 0.348. The van der Waals surface area contributed by atoms with Crippen molar-refractivity contribution in [2.24, 2.45) is 5.92 Å². The second-order valence-corrected chi connectivity index (χ2v) is 4.05. The van der Waals surface area contributed by atoms with Crippen LogP contribution in [-0.2, 0) is 0 Å². The number of nitrogens with one attached hydrogen (secondary N) is 1. The van der Waals surface area contributed by atoms with E-state index < -0.39 is 0 Å². The number of hydrogen-bond acceptors (Lipinski definition) is 1. The zero-order valence-corrected chi connectivity index (χ0v) is 8.03. The Bertz CT molecular complexity index is 99.7. The minimum atomic E-state index is 0.415. The van der Waals surface area contributed by atoms with E-state index in [9.17, 15) is 0 Å². The first-order valence-corrected chi connectivity index (χ1v) is 5.11. The fraction of sp³-hybridized carbons (Fsp3) is 1.00. The lowest BCUT2D eigenvalue weighted by atomic mass is 9.92. The summed E-state index contributed by atoms with van der Waals surface area (Å²) < 4.78 is 0. The van der Waals surface area contributed by atoms with Gasteiger partial charge in [0.05, 0.1) is 0 Å². The van der Waals surface area contributed by atoms with Crippen LogP contribution in [0.15, 0.2) is 0 Å². The van der Waals surface area contributed by atoms with Gasteiger partial charge in [0, 0.05) is 5.38 Å². The van der Waals surface area contributed by atoms with Gasteiger partial charge in [0.25, 0.3) is 0 Å². The highest BCUT2D eigenvalue weighted by Gasteiger charge is 2.15. The molecule has 11 heavy (non-hydrogen) atoms. The van der Waals surface area contributed by atoms with Crippen LogP contribution in [0.2, 0.25) is 0 Å². The minimum absolute atomic E-state index is 0.415. The molecule has 0 aromatic heterocycles. The van der Waals surface area contributed by atoms with E-state index in [4.69, 9.17) is 11.6 Å². The van der Waals surface area contributed by atoms with Crippen LogP contribution in [0.1, 0.15) is 32.6 Å². The fourth-order valence-electron chi connectivity index (χ4n) is 1.65. The zero-order chi connectivity index (χ0) is 8.10. The Morgan fingerprint density at radius 1 is 1.45 bits per heavy atom. The van der Waals surface area contributed by atoms with E-state index in [1.807, 2.05) is 0 Å². The monoisotopic (exact) mass is 175 g/mol. The predicted molar refractivity (Wildman–Crippen MR) is 50.1 cm³/mol. The lowest BCUT2D eigenvalue weighted by Gasteiger charge is -2.23. The minimum Gasteiger partial charge on any atom is -0.317 e. The maximum absolute atomic E-state index is 6.08. The SMILES string of the molecule is CCC(Cl)CC1CCNCC1. The van der Waals surface area contributed by atoms with Crippen LogP contribution in [0.4, 0.5) is 0 Å². The summed E-state index contributed by atoms with van der Waals surface area (Å²) in [6.45, 7) is 4.55. The molecule has 2 heteroatoms. The first-order valence-electron chi connectivity index (χ1n) is 4.67. The second-order valence-electron chi connectivity index (χ2n) is 3.43. The largest absolute Gasteiger partial charge is 0.317 e. The average Bonchev–Trinajstić information content (AvgIpc) is 2.06. The molecule has 1 rings (SSSR count). The van der Waals surface area contributed by atoms with Gasteiger partial charge in [-0.3, -0.25) is 0 Å². The third-order valence-corrected chi connectivity index (χ3v) is 2.98. The molecule has 1 heterocycles. The summed E-state index contributed by atoms with van der Waals surface area (Å²) in [6.07, 6.45) is 4.98. The van der Waals surface area contributed by atoms with Crippen molar-refractivity contribution in [2.75, 3.05) is 13.1 Å². The van der Waals surface area contributed by atoms with Crippen molar-refractivity contribution in [1.82, 2.24) is 5.32 Å². The van der Waals surface area contributed by atoms with Gasteiger partial charge in [-0.2, -0.15) is 0 Å². The third-order valence-electron chi connectivity index (χ3n) is 2.49. The molecule has 66 valence electrons. The number of hydrogen-bond donors (Lipinski definition) is 1. The number of piperidine rings is 1. The van der Waals surface area contributed by atoms with E-state index in [1.54, 1.807) is 0 Å². The van der Waals surface area contributed by atoms with E-state index >= 15 is 0 Å². The van der Waals surface area contributed by atoms with Gasteiger partial charge in [-0.15, -0.1) is 11.6 Å². The quantitative estimate of drug-likeness (QED) is 0.650. The summed E-state index contributed by atoms with van der Waals surface area (Å²) in [5, 5.41) is 3.78. The summed E-state index contributed by atoms with van der Waals surface area (Å²) in [6, 6.07) is 0. The van der Waals surface area contributed by atoms with Crippen molar-refractivity contribution in [2.45, 2.75) is 38.0 Å². The van der Waals surface area contributed by atoms with Crippen LogP contribution >= 0.6 is 11.6 Å². The molecular formula is C9H18ClN. The molecule has 0 spiro atoms. The molecule has 0 radical (unpaired) electrons. The van der Waals surface area contributed by atoms with Gasteiger partial charge < -0.3 is 5.32 Å². The maximum Gasteiger partial charge on any atom is 0.0336 e. The molecule has 1 N–H and O–H groups in total. The Morgan fingerprint density at radius 3 is 2.64 bits per heavy atom. The first kappa shape index (κ1) is 9.34. The fourth-order valence-corrected chi connectivity index (χ4v) is 1.90. The number of halogens is 1. The van der Waals surface area contributed by atoms with Gasteiger partial charge in [-0.1, -0.05) is 6.92 Å². The van der Waals surface area contributed by atoms with Crippen LogP contribution in [-0.4, -0.2) is 18.5 Å². The smallest absolute Gasteiger partial charge is 0.0336 e. The number of rotatable bonds is 3. The predicted octanol–water partition coefficient (Wildman–Crippen LogP) is 2.39. The molecule has 0 aromatic carbocycles. The van der Waals surface area contributed by atoms with E-state index in [0.717, 1.165) is 12.3 Å².